The maximum Gasteiger partial charge on any atom is 0.163 e. The number of Topliss-reactive ketones (excluding diaryl/α,β-unsaturated/α-hetero) is 1. The van der Waals surface area contributed by atoms with E-state index in [0.29, 0.717) is 18.1 Å². The molecule has 1 heteroatoms. The van der Waals surface area contributed by atoms with Gasteiger partial charge in [-0.1, -0.05) is 69.3 Å². The molecule has 0 bridgehead atoms. The van der Waals surface area contributed by atoms with Crippen LogP contribution in [0.3, 0.4) is 0 Å². The Morgan fingerprint density at radius 2 is 1.67 bits per heavy atom. The summed E-state index contributed by atoms with van der Waals surface area (Å²) in [6.07, 6.45) is 1.60. The second kappa shape index (κ2) is 5.14. The summed E-state index contributed by atoms with van der Waals surface area (Å²) in [4.78, 5) is 12.1. The van der Waals surface area contributed by atoms with Gasteiger partial charge in [0.1, 0.15) is 0 Å². The fraction of sp³-hybridized carbons (Fsp3) is 0.350. The lowest BCUT2D eigenvalue weighted by atomic mass is 9.85. The van der Waals surface area contributed by atoms with Gasteiger partial charge in [0.05, 0.1) is 0 Å². The summed E-state index contributed by atoms with van der Waals surface area (Å²) in [5.41, 5.74) is 5.01. The minimum atomic E-state index is 0.189. The number of fused-ring (bicyclic) bond motifs is 1. The van der Waals surface area contributed by atoms with E-state index >= 15 is 0 Å². The Labute approximate surface area is 127 Å². The molecule has 0 saturated heterocycles. The first kappa shape index (κ1) is 14.1. The molecule has 0 aromatic heterocycles. The molecule has 0 saturated carbocycles. The SMILES string of the molecule is CC(C)(C)c1ccc(CC2CC(=O)c3ccccc32)cc1. The summed E-state index contributed by atoms with van der Waals surface area (Å²) in [5.74, 6) is 0.635. The molecule has 1 atom stereocenters. The van der Waals surface area contributed by atoms with Crippen molar-refractivity contribution in [2.75, 3.05) is 0 Å². The van der Waals surface area contributed by atoms with Gasteiger partial charge in [0.2, 0.25) is 0 Å². The van der Waals surface area contributed by atoms with Gasteiger partial charge < -0.3 is 0 Å². The molecule has 2 aromatic rings. The molecule has 0 aliphatic heterocycles. The molecule has 1 unspecified atom stereocenters. The first-order chi connectivity index (χ1) is 9.95. The Kier molecular flexibility index (Phi) is 3.44. The average molecular weight is 278 g/mol. The zero-order chi connectivity index (χ0) is 15.0. The zero-order valence-corrected chi connectivity index (χ0v) is 13.0. The molecule has 3 rings (SSSR count). The lowest BCUT2D eigenvalue weighted by Gasteiger charge is -2.19. The van der Waals surface area contributed by atoms with Gasteiger partial charge in [-0.2, -0.15) is 0 Å². The number of hydrogen-bond acceptors (Lipinski definition) is 1. The number of ketones is 1. The topological polar surface area (TPSA) is 17.1 Å². The van der Waals surface area contributed by atoms with Crippen molar-refractivity contribution >= 4 is 5.78 Å². The Bertz CT molecular complexity index is 659. The Hall–Kier alpha value is -1.89. The quantitative estimate of drug-likeness (QED) is 0.764. The second-order valence-corrected chi connectivity index (χ2v) is 7.06. The first-order valence-corrected chi connectivity index (χ1v) is 7.67. The van der Waals surface area contributed by atoms with Gasteiger partial charge in [-0.3, -0.25) is 4.79 Å². The van der Waals surface area contributed by atoms with Gasteiger partial charge in [-0.05, 0) is 34.4 Å². The predicted octanol–water partition coefficient (Wildman–Crippen LogP) is 4.90. The van der Waals surface area contributed by atoms with Crippen LogP contribution in [0.4, 0.5) is 0 Å². The normalized spacial score (nSPS) is 17.9. The van der Waals surface area contributed by atoms with Crippen LogP contribution < -0.4 is 0 Å². The smallest absolute Gasteiger partial charge is 0.163 e. The van der Waals surface area contributed by atoms with Gasteiger partial charge >= 0.3 is 0 Å². The molecule has 1 nitrogen and oxygen atoms in total. The Morgan fingerprint density at radius 3 is 2.33 bits per heavy atom. The van der Waals surface area contributed by atoms with E-state index in [9.17, 15) is 4.79 Å². The van der Waals surface area contributed by atoms with Crippen molar-refractivity contribution in [2.45, 2.75) is 44.9 Å². The lowest BCUT2D eigenvalue weighted by Crippen LogP contribution is -2.10. The molecule has 1 aliphatic carbocycles. The highest BCUT2D eigenvalue weighted by Crippen LogP contribution is 2.35. The third-order valence-corrected chi connectivity index (χ3v) is 4.43. The van der Waals surface area contributed by atoms with Crippen molar-refractivity contribution in [1.82, 2.24) is 0 Å². The second-order valence-electron chi connectivity index (χ2n) is 7.06. The van der Waals surface area contributed by atoms with Crippen LogP contribution in [0.2, 0.25) is 0 Å². The predicted molar refractivity (Wildman–Crippen MR) is 87.0 cm³/mol. The summed E-state index contributed by atoms with van der Waals surface area (Å²) in [7, 11) is 0. The monoisotopic (exact) mass is 278 g/mol. The minimum absolute atomic E-state index is 0.189. The maximum absolute atomic E-state index is 12.1. The molecule has 0 amide bonds. The molecule has 0 N–H and O–H groups in total. The average Bonchev–Trinajstić information content (AvgIpc) is 2.76. The molecule has 2 aromatic carbocycles. The standard InChI is InChI=1S/C20H22O/c1-20(2,3)16-10-8-14(9-11-16)12-15-13-19(21)18-7-5-4-6-17(15)18/h4-11,15H,12-13H2,1-3H3. The summed E-state index contributed by atoms with van der Waals surface area (Å²) in [6, 6.07) is 16.9. The van der Waals surface area contributed by atoms with E-state index in [1.54, 1.807) is 0 Å². The third-order valence-electron chi connectivity index (χ3n) is 4.43. The summed E-state index contributed by atoms with van der Waals surface area (Å²) in [6.45, 7) is 6.69. The lowest BCUT2D eigenvalue weighted by molar-refractivity contribution is 0.0989. The molecule has 0 heterocycles. The summed E-state index contributed by atoms with van der Waals surface area (Å²) < 4.78 is 0. The van der Waals surface area contributed by atoms with Crippen molar-refractivity contribution in [2.24, 2.45) is 0 Å². The van der Waals surface area contributed by atoms with E-state index in [4.69, 9.17) is 0 Å². The third kappa shape index (κ3) is 2.78. The van der Waals surface area contributed by atoms with Gasteiger partial charge in [-0.25, -0.2) is 0 Å². The molecule has 21 heavy (non-hydrogen) atoms. The molecular weight excluding hydrogens is 256 g/mol. The van der Waals surface area contributed by atoms with Crippen molar-refractivity contribution in [3.05, 3.63) is 70.8 Å². The first-order valence-electron chi connectivity index (χ1n) is 7.67. The number of carbonyl (C=O) groups is 1. The summed E-state index contributed by atoms with van der Waals surface area (Å²) in [5, 5.41) is 0. The van der Waals surface area contributed by atoms with E-state index in [-0.39, 0.29) is 5.41 Å². The zero-order valence-electron chi connectivity index (χ0n) is 13.0. The van der Waals surface area contributed by atoms with Crippen LogP contribution in [-0.4, -0.2) is 5.78 Å². The van der Waals surface area contributed by atoms with E-state index in [0.717, 1.165) is 12.0 Å². The highest BCUT2D eigenvalue weighted by molar-refractivity contribution is 6.01. The molecule has 108 valence electrons. The molecule has 0 fully saturated rings. The molecule has 0 spiro atoms. The van der Waals surface area contributed by atoms with Crippen LogP contribution in [0.1, 0.15) is 60.2 Å². The van der Waals surface area contributed by atoms with Crippen molar-refractivity contribution < 1.29 is 4.79 Å². The number of carbonyl (C=O) groups excluding carboxylic acids is 1. The minimum Gasteiger partial charge on any atom is -0.294 e. The van der Waals surface area contributed by atoms with Crippen molar-refractivity contribution in [3.63, 3.8) is 0 Å². The van der Waals surface area contributed by atoms with Crippen LogP contribution >= 0.6 is 0 Å². The van der Waals surface area contributed by atoms with E-state index in [2.05, 4.69) is 51.1 Å². The number of benzene rings is 2. The highest BCUT2D eigenvalue weighted by Gasteiger charge is 2.28. The fourth-order valence-electron chi connectivity index (χ4n) is 3.16. The van der Waals surface area contributed by atoms with Crippen LogP contribution in [0, 0.1) is 0 Å². The Morgan fingerprint density at radius 1 is 1.00 bits per heavy atom. The fourth-order valence-corrected chi connectivity index (χ4v) is 3.16. The number of rotatable bonds is 2. The molecule has 0 radical (unpaired) electrons. The summed E-state index contributed by atoms with van der Waals surface area (Å²) >= 11 is 0. The molecular formula is C20H22O. The largest absolute Gasteiger partial charge is 0.294 e. The van der Waals surface area contributed by atoms with E-state index in [1.807, 2.05) is 18.2 Å². The van der Waals surface area contributed by atoms with Crippen molar-refractivity contribution in [3.8, 4) is 0 Å². The van der Waals surface area contributed by atoms with Crippen molar-refractivity contribution in [1.29, 1.82) is 0 Å². The number of hydrogen-bond donors (Lipinski definition) is 0. The molecule has 1 aliphatic rings. The van der Waals surface area contributed by atoms with Crippen LogP contribution in [0.15, 0.2) is 48.5 Å². The Balaban J connectivity index is 1.81. The maximum atomic E-state index is 12.1. The highest BCUT2D eigenvalue weighted by atomic mass is 16.1. The van der Waals surface area contributed by atoms with E-state index in [1.165, 1.54) is 16.7 Å². The van der Waals surface area contributed by atoms with Gasteiger partial charge in [-0.15, -0.1) is 0 Å². The van der Waals surface area contributed by atoms with Gasteiger partial charge in [0.15, 0.2) is 5.78 Å². The van der Waals surface area contributed by atoms with Crippen LogP contribution in [0.5, 0.6) is 0 Å². The van der Waals surface area contributed by atoms with Crippen LogP contribution in [-0.2, 0) is 11.8 Å². The van der Waals surface area contributed by atoms with E-state index < -0.39 is 0 Å². The van der Waals surface area contributed by atoms with Crippen LogP contribution in [0.25, 0.3) is 0 Å². The van der Waals surface area contributed by atoms with Gasteiger partial charge in [0, 0.05) is 12.0 Å². The van der Waals surface area contributed by atoms with Gasteiger partial charge in [0.25, 0.3) is 0 Å².